The second kappa shape index (κ2) is 5.52. The number of anilines is 1. The first-order chi connectivity index (χ1) is 10.2. The largest absolute Gasteiger partial charge is 0.481 e. The van der Waals surface area contributed by atoms with Crippen LogP contribution in [0.1, 0.15) is 19.3 Å². The molecule has 1 saturated carbocycles. The fraction of sp³-hybridized carbons (Fsp3) is 0.312. The van der Waals surface area contributed by atoms with Crippen molar-refractivity contribution in [3.8, 4) is 0 Å². The van der Waals surface area contributed by atoms with E-state index in [1.165, 1.54) is 0 Å². The maximum Gasteiger partial charge on any atom is 0.307 e. The van der Waals surface area contributed by atoms with Gasteiger partial charge in [-0.3, -0.25) is 14.6 Å². The fourth-order valence-corrected chi connectivity index (χ4v) is 3.00. The summed E-state index contributed by atoms with van der Waals surface area (Å²) in [5.74, 6) is -2.14. The van der Waals surface area contributed by atoms with E-state index in [-0.39, 0.29) is 5.91 Å². The predicted molar refractivity (Wildman–Crippen MR) is 78.8 cm³/mol. The number of para-hydroxylation sites is 1. The van der Waals surface area contributed by atoms with Crippen molar-refractivity contribution in [3.63, 3.8) is 0 Å². The summed E-state index contributed by atoms with van der Waals surface area (Å²) in [6.45, 7) is 0. The number of benzene rings is 1. The summed E-state index contributed by atoms with van der Waals surface area (Å²) in [4.78, 5) is 27.8. The average molecular weight is 284 g/mol. The number of hydrogen-bond donors (Lipinski definition) is 2. The van der Waals surface area contributed by atoms with Crippen LogP contribution in [0.25, 0.3) is 10.9 Å². The van der Waals surface area contributed by atoms with Crippen LogP contribution in [0.5, 0.6) is 0 Å². The molecule has 5 nitrogen and oxygen atoms in total. The topological polar surface area (TPSA) is 79.3 Å². The van der Waals surface area contributed by atoms with E-state index in [0.29, 0.717) is 18.5 Å². The van der Waals surface area contributed by atoms with Crippen molar-refractivity contribution >= 4 is 28.5 Å². The van der Waals surface area contributed by atoms with Crippen molar-refractivity contribution in [3.05, 3.63) is 36.5 Å². The molecule has 3 rings (SSSR count). The molecule has 1 aliphatic carbocycles. The first-order valence-electron chi connectivity index (χ1n) is 7.04. The maximum atomic E-state index is 12.4. The van der Waals surface area contributed by atoms with Crippen molar-refractivity contribution in [1.82, 2.24) is 4.98 Å². The Hall–Kier alpha value is -2.43. The fourth-order valence-electron chi connectivity index (χ4n) is 3.00. The number of nitrogens with zero attached hydrogens (tertiary/aromatic N) is 1. The zero-order valence-corrected chi connectivity index (χ0v) is 11.5. The summed E-state index contributed by atoms with van der Waals surface area (Å²) in [7, 11) is 0. The van der Waals surface area contributed by atoms with Gasteiger partial charge in [0.05, 0.1) is 23.0 Å². The quantitative estimate of drug-likeness (QED) is 0.908. The Balaban J connectivity index is 1.85. The van der Waals surface area contributed by atoms with E-state index in [1.807, 2.05) is 24.3 Å². The van der Waals surface area contributed by atoms with Gasteiger partial charge in [0.15, 0.2) is 0 Å². The third-order valence-corrected chi connectivity index (χ3v) is 4.06. The van der Waals surface area contributed by atoms with Gasteiger partial charge in [-0.1, -0.05) is 24.6 Å². The van der Waals surface area contributed by atoms with Crippen LogP contribution in [0.4, 0.5) is 5.69 Å². The summed E-state index contributed by atoms with van der Waals surface area (Å²) in [5, 5.41) is 13.0. The SMILES string of the molecule is O=C(O)[C@H]1CCC[C@H]1C(=O)Nc1cccc2cccnc12. The van der Waals surface area contributed by atoms with E-state index in [4.69, 9.17) is 0 Å². The Kier molecular flexibility index (Phi) is 3.56. The van der Waals surface area contributed by atoms with E-state index in [2.05, 4.69) is 10.3 Å². The molecule has 21 heavy (non-hydrogen) atoms. The van der Waals surface area contributed by atoms with Gasteiger partial charge in [0.2, 0.25) is 5.91 Å². The first-order valence-corrected chi connectivity index (χ1v) is 7.04. The second-order valence-electron chi connectivity index (χ2n) is 5.35. The van der Waals surface area contributed by atoms with E-state index in [1.54, 1.807) is 12.3 Å². The number of carboxylic acids is 1. The number of nitrogens with one attached hydrogen (secondary N) is 1. The minimum Gasteiger partial charge on any atom is -0.481 e. The maximum absolute atomic E-state index is 12.4. The molecule has 0 unspecified atom stereocenters. The molecule has 0 bridgehead atoms. The van der Waals surface area contributed by atoms with Crippen molar-refractivity contribution in [2.24, 2.45) is 11.8 Å². The first kappa shape index (κ1) is 13.5. The molecule has 108 valence electrons. The lowest BCUT2D eigenvalue weighted by Crippen LogP contribution is -2.30. The van der Waals surface area contributed by atoms with Gasteiger partial charge >= 0.3 is 5.97 Å². The van der Waals surface area contributed by atoms with Gasteiger partial charge in [0, 0.05) is 11.6 Å². The number of carbonyl (C=O) groups excluding carboxylic acids is 1. The standard InChI is InChI=1S/C16H16N2O3/c19-15(11-6-2-7-12(11)16(20)21)18-13-8-1-4-10-5-3-9-17-14(10)13/h1,3-5,8-9,11-12H,2,6-7H2,(H,18,19)(H,20,21)/t11-,12+/m1/s1. The highest BCUT2D eigenvalue weighted by Gasteiger charge is 2.37. The number of carbonyl (C=O) groups is 2. The molecular weight excluding hydrogens is 268 g/mol. The van der Waals surface area contributed by atoms with Crippen molar-refractivity contribution in [2.45, 2.75) is 19.3 Å². The van der Waals surface area contributed by atoms with Crippen LogP contribution >= 0.6 is 0 Å². The van der Waals surface area contributed by atoms with E-state index < -0.39 is 17.8 Å². The van der Waals surface area contributed by atoms with Gasteiger partial charge < -0.3 is 10.4 Å². The van der Waals surface area contributed by atoms with Crippen LogP contribution in [-0.4, -0.2) is 22.0 Å². The lowest BCUT2D eigenvalue weighted by atomic mass is 9.95. The molecule has 1 heterocycles. The molecule has 0 saturated heterocycles. The lowest BCUT2D eigenvalue weighted by molar-refractivity contribution is -0.145. The third kappa shape index (κ3) is 2.59. The van der Waals surface area contributed by atoms with Gasteiger partial charge in [-0.2, -0.15) is 0 Å². The monoisotopic (exact) mass is 284 g/mol. The number of fused-ring (bicyclic) bond motifs is 1. The molecule has 1 aliphatic rings. The lowest BCUT2D eigenvalue weighted by Gasteiger charge is -2.16. The molecular formula is C16H16N2O3. The zero-order valence-electron chi connectivity index (χ0n) is 11.5. The number of amides is 1. The van der Waals surface area contributed by atoms with Gasteiger partial charge in [-0.25, -0.2) is 0 Å². The number of carboxylic acid groups (broad SMARTS) is 1. The molecule has 1 aromatic carbocycles. The van der Waals surface area contributed by atoms with Crippen LogP contribution in [-0.2, 0) is 9.59 Å². The van der Waals surface area contributed by atoms with Crippen LogP contribution in [0, 0.1) is 11.8 Å². The number of hydrogen-bond acceptors (Lipinski definition) is 3. The Morgan fingerprint density at radius 1 is 1.14 bits per heavy atom. The number of aromatic nitrogens is 1. The summed E-state index contributed by atoms with van der Waals surface area (Å²) < 4.78 is 0. The van der Waals surface area contributed by atoms with E-state index >= 15 is 0 Å². The van der Waals surface area contributed by atoms with Crippen molar-refractivity contribution in [2.75, 3.05) is 5.32 Å². The molecule has 1 amide bonds. The Morgan fingerprint density at radius 2 is 1.90 bits per heavy atom. The summed E-state index contributed by atoms with van der Waals surface area (Å²) >= 11 is 0. The van der Waals surface area contributed by atoms with Crippen LogP contribution in [0.3, 0.4) is 0 Å². The van der Waals surface area contributed by atoms with E-state index in [0.717, 1.165) is 17.3 Å². The molecule has 5 heteroatoms. The number of rotatable bonds is 3. The summed E-state index contributed by atoms with van der Waals surface area (Å²) in [6, 6.07) is 9.33. The second-order valence-corrected chi connectivity index (χ2v) is 5.35. The molecule has 0 spiro atoms. The molecule has 0 radical (unpaired) electrons. The Labute approximate surface area is 122 Å². The highest BCUT2D eigenvalue weighted by molar-refractivity contribution is 6.02. The number of pyridine rings is 1. The molecule has 2 atom stereocenters. The molecule has 2 aromatic rings. The van der Waals surface area contributed by atoms with Crippen molar-refractivity contribution in [1.29, 1.82) is 0 Å². The summed E-state index contributed by atoms with van der Waals surface area (Å²) in [5.41, 5.74) is 1.35. The molecule has 1 aromatic heterocycles. The molecule has 2 N–H and O–H groups in total. The normalized spacial score (nSPS) is 21.3. The smallest absolute Gasteiger partial charge is 0.307 e. The van der Waals surface area contributed by atoms with Crippen LogP contribution in [0.15, 0.2) is 36.5 Å². The highest BCUT2D eigenvalue weighted by atomic mass is 16.4. The number of aliphatic carboxylic acids is 1. The van der Waals surface area contributed by atoms with Crippen molar-refractivity contribution < 1.29 is 14.7 Å². The molecule has 1 fully saturated rings. The highest BCUT2D eigenvalue weighted by Crippen LogP contribution is 2.33. The van der Waals surface area contributed by atoms with Gasteiger partial charge in [-0.15, -0.1) is 0 Å². The minimum atomic E-state index is -0.885. The van der Waals surface area contributed by atoms with E-state index in [9.17, 15) is 14.7 Å². The van der Waals surface area contributed by atoms with Gasteiger partial charge in [0.1, 0.15) is 0 Å². The van der Waals surface area contributed by atoms with Crippen LogP contribution < -0.4 is 5.32 Å². The third-order valence-electron chi connectivity index (χ3n) is 4.06. The van der Waals surface area contributed by atoms with Gasteiger partial charge in [0.25, 0.3) is 0 Å². The molecule has 0 aliphatic heterocycles. The van der Waals surface area contributed by atoms with Gasteiger partial charge in [-0.05, 0) is 25.0 Å². The average Bonchev–Trinajstić information content (AvgIpc) is 2.97. The zero-order chi connectivity index (χ0) is 14.8. The summed E-state index contributed by atoms with van der Waals surface area (Å²) in [6.07, 6.45) is 3.65. The van der Waals surface area contributed by atoms with Crippen LogP contribution in [0.2, 0.25) is 0 Å². The predicted octanol–water partition coefficient (Wildman–Crippen LogP) is 2.67. The minimum absolute atomic E-state index is 0.224. The Bertz CT molecular complexity index is 693. The Morgan fingerprint density at radius 3 is 2.71 bits per heavy atom.